The molecule has 0 amide bonds. The Bertz CT molecular complexity index is 196. The van der Waals surface area contributed by atoms with Gasteiger partial charge in [-0.05, 0) is 31.2 Å². The standard InChI is InChI=1S/C10H18F3NO/c1-7-2-3-8(4-7)5-14-6-9(15)10(11,12)13/h7-9,14-15H,2-6H2,1H3. The summed E-state index contributed by atoms with van der Waals surface area (Å²) in [6.45, 7) is 2.34. The maximum atomic E-state index is 11.9. The number of aliphatic hydroxyl groups is 1. The fraction of sp³-hybridized carbons (Fsp3) is 1.00. The van der Waals surface area contributed by atoms with E-state index in [-0.39, 0.29) is 0 Å². The zero-order valence-corrected chi connectivity index (χ0v) is 8.85. The minimum Gasteiger partial charge on any atom is -0.382 e. The van der Waals surface area contributed by atoms with Crippen LogP contribution < -0.4 is 5.32 Å². The number of nitrogens with one attached hydrogen (secondary N) is 1. The van der Waals surface area contributed by atoms with Crippen molar-refractivity contribution >= 4 is 0 Å². The van der Waals surface area contributed by atoms with Crippen LogP contribution in [0, 0.1) is 11.8 Å². The lowest BCUT2D eigenvalue weighted by Gasteiger charge is -2.17. The van der Waals surface area contributed by atoms with Gasteiger partial charge in [0.25, 0.3) is 0 Å². The van der Waals surface area contributed by atoms with Crippen molar-refractivity contribution in [3.05, 3.63) is 0 Å². The highest BCUT2D eigenvalue weighted by Crippen LogP contribution is 2.29. The number of hydrogen-bond acceptors (Lipinski definition) is 2. The Morgan fingerprint density at radius 2 is 2.07 bits per heavy atom. The van der Waals surface area contributed by atoms with E-state index in [0.717, 1.165) is 19.3 Å². The predicted molar refractivity (Wildman–Crippen MR) is 51.4 cm³/mol. The first-order chi connectivity index (χ1) is 6.89. The van der Waals surface area contributed by atoms with E-state index in [1.807, 2.05) is 0 Å². The summed E-state index contributed by atoms with van der Waals surface area (Å²) in [5.74, 6) is 1.16. The summed E-state index contributed by atoms with van der Waals surface area (Å²) in [5, 5.41) is 11.4. The molecular formula is C10H18F3NO. The quantitative estimate of drug-likeness (QED) is 0.766. The van der Waals surface area contributed by atoms with Crippen LogP contribution in [0.3, 0.4) is 0 Å². The molecule has 15 heavy (non-hydrogen) atoms. The molecule has 0 aromatic rings. The normalized spacial score (nSPS) is 29.4. The minimum atomic E-state index is -4.50. The monoisotopic (exact) mass is 225 g/mol. The van der Waals surface area contributed by atoms with E-state index in [1.54, 1.807) is 0 Å². The van der Waals surface area contributed by atoms with Gasteiger partial charge in [0.05, 0.1) is 0 Å². The van der Waals surface area contributed by atoms with Crippen LogP contribution >= 0.6 is 0 Å². The maximum Gasteiger partial charge on any atom is 0.415 e. The molecule has 0 aliphatic heterocycles. The van der Waals surface area contributed by atoms with Crippen molar-refractivity contribution in [1.82, 2.24) is 5.32 Å². The van der Waals surface area contributed by atoms with Gasteiger partial charge in [-0.2, -0.15) is 13.2 Å². The highest BCUT2D eigenvalue weighted by atomic mass is 19.4. The van der Waals surface area contributed by atoms with E-state index in [9.17, 15) is 13.2 Å². The van der Waals surface area contributed by atoms with Gasteiger partial charge < -0.3 is 10.4 Å². The third-order valence-electron chi connectivity index (χ3n) is 2.95. The molecule has 5 heteroatoms. The van der Waals surface area contributed by atoms with Gasteiger partial charge in [0, 0.05) is 6.54 Å². The summed E-state index contributed by atoms with van der Waals surface area (Å²) in [5.41, 5.74) is 0. The highest BCUT2D eigenvalue weighted by molar-refractivity contribution is 4.76. The topological polar surface area (TPSA) is 32.3 Å². The molecule has 0 radical (unpaired) electrons. The third-order valence-corrected chi connectivity index (χ3v) is 2.95. The van der Waals surface area contributed by atoms with Crippen LogP contribution in [0.4, 0.5) is 13.2 Å². The molecule has 0 aromatic carbocycles. The Labute approximate surface area is 87.9 Å². The lowest BCUT2D eigenvalue weighted by molar-refractivity contribution is -0.201. The number of hydrogen-bond donors (Lipinski definition) is 2. The van der Waals surface area contributed by atoms with Crippen molar-refractivity contribution in [2.45, 2.75) is 38.5 Å². The van der Waals surface area contributed by atoms with Crippen LogP contribution in [0.5, 0.6) is 0 Å². The molecule has 2 N–H and O–H groups in total. The fourth-order valence-electron chi connectivity index (χ4n) is 2.05. The molecule has 1 aliphatic carbocycles. The zero-order chi connectivity index (χ0) is 11.5. The van der Waals surface area contributed by atoms with Crippen molar-refractivity contribution in [1.29, 1.82) is 0 Å². The van der Waals surface area contributed by atoms with Crippen molar-refractivity contribution in [3.8, 4) is 0 Å². The second kappa shape index (κ2) is 5.16. The molecule has 0 spiro atoms. The molecule has 2 nitrogen and oxygen atoms in total. The molecule has 1 fully saturated rings. The Hall–Kier alpha value is -0.290. The van der Waals surface area contributed by atoms with E-state index >= 15 is 0 Å². The van der Waals surface area contributed by atoms with Gasteiger partial charge in [0.15, 0.2) is 6.10 Å². The van der Waals surface area contributed by atoms with Crippen molar-refractivity contribution < 1.29 is 18.3 Å². The first-order valence-electron chi connectivity index (χ1n) is 5.35. The average molecular weight is 225 g/mol. The van der Waals surface area contributed by atoms with Gasteiger partial charge in [0.1, 0.15) is 0 Å². The smallest absolute Gasteiger partial charge is 0.382 e. The Morgan fingerprint density at radius 1 is 1.40 bits per heavy atom. The first kappa shape index (κ1) is 12.8. The molecule has 0 bridgehead atoms. The second-order valence-electron chi connectivity index (χ2n) is 4.50. The molecule has 3 atom stereocenters. The molecule has 1 rings (SSSR count). The van der Waals surface area contributed by atoms with Crippen molar-refractivity contribution in [3.63, 3.8) is 0 Å². The third kappa shape index (κ3) is 4.38. The van der Waals surface area contributed by atoms with E-state index in [1.165, 1.54) is 0 Å². The fourth-order valence-corrected chi connectivity index (χ4v) is 2.05. The molecule has 0 aromatic heterocycles. The zero-order valence-electron chi connectivity index (χ0n) is 8.85. The van der Waals surface area contributed by atoms with Crippen LogP contribution in [-0.4, -0.2) is 30.5 Å². The molecule has 1 aliphatic rings. The van der Waals surface area contributed by atoms with Gasteiger partial charge in [-0.15, -0.1) is 0 Å². The number of aliphatic hydroxyl groups excluding tert-OH is 1. The SMILES string of the molecule is CC1CCC(CNCC(O)C(F)(F)F)C1. The number of halogens is 3. The molecule has 90 valence electrons. The molecule has 0 saturated heterocycles. The van der Waals surface area contributed by atoms with Crippen LogP contribution in [0.2, 0.25) is 0 Å². The van der Waals surface area contributed by atoms with Gasteiger partial charge in [-0.25, -0.2) is 0 Å². The lowest BCUT2D eigenvalue weighted by atomic mass is 10.1. The lowest BCUT2D eigenvalue weighted by Crippen LogP contribution is -2.39. The van der Waals surface area contributed by atoms with Gasteiger partial charge in [0.2, 0.25) is 0 Å². The Morgan fingerprint density at radius 3 is 2.53 bits per heavy atom. The summed E-state index contributed by atoms with van der Waals surface area (Å²) in [4.78, 5) is 0. The van der Waals surface area contributed by atoms with Crippen molar-refractivity contribution in [2.24, 2.45) is 11.8 Å². The molecular weight excluding hydrogens is 207 g/mol. The number of rotatable bonds is 4. The summed E-state index contributed by atoms with van der Waals surface area (Å²) in [6, 6.07) is 0. The maximum absolute atomic E-state index is 11.9. The highest BCUT2D eigenvalue weighted by Gasteiger charge is 2.37. The van der Waals surface area contributed by atoms with E-state index in [4.69, 9.17) is 5.11 Å². The largest absolute Gasteiger partial charge is 0.415 e. The van der Waals surface area contributed by atoms with E-state index < -0.39 is 18.8 Å². The van der Waals surface area contributed by atoms with E-state index in [2.05, 4.69) is 12.2 Å². The van der Waals surface area contributed by atoms with Gasteiger partial charge >= 0.3 is 6.18 Å². The predicted octanol–water partition coefficient (Wildman–Crippen LogP) is 1.94. The summed E-state index contributed by atoms with van der Waals surface area (Å²) in [7, 11) is 0. The molecule has 1 saturated carbocycles. The van der Waals surface area contributed by atoms with Crippen LogP contribution in [0.1, 0.15) is 26.2 Å². The summed E-state index contributed by atoms with van der Waals surface area (Å²) < 4.78 is 35.8. The van der Waals surface area contributed by atoms with Crippen molar-refractivity contribution in [2.75, 3.05) is 13.1 Å². The second-order valence-corrected chi connectivity index (χ2v) is 4.50. The van der Waals surface area contributed by atoms with Crippen LogP contribution in [0.15, 0.2) is 0 Å². The van der Waals surface area contributed by atoms with Gasteiger partial charge in [-0.3, -0.25) is 0 Å². The Balaban J connectivity index is 2.11. The number of alkyl halides is 3. The first-order valence-corrected chi connectivity index (χ1v) is 5.35. The van der Waals surface area contributed by atoms with Gasteiger partial charge in [-0.1, -0.05) is 13.3 Å². The molecule has 3 unspecified atom stereocenters. The summed E-state index contributed by atoms with van der Waals surface area (Å²) >= 11 is 0. The molecule has 0 heterocycles. The van der Waals surface area contributed by atoms with E-state index in [0.29, 0.717) is 18.4 Å². The Kier molecular flexibility index (Phi) is 4.40. The van der Waals surface area contributed by atoms with Crippen LogP contribution in [-0.2, 0) is 0 Å². The average Bonchev–Trinajstić information content (AvgIpc) is 2.49. The summed E-state index contributed by atoms with van der Waals surface area (Å²) in [6.07, 6.45) is -3.42. The minimum absolute atomic E-state index is 0.394. The van der Waals surface area contributed by atoms with Crippen LogP contribution in [0.25, 0.3) is 0 Å².